The summed E-state index contributed by atoms with van der Waals surface area (Å²) in [6.07, 6.45) is 2.17. The zero-order valence-electron chi connectivity index (χ0n) is 18.0. The third kappa shape index (κ3) is 8.37. The van der Waals surface area contributed by atoms with E-state index in [0.717, 1.165) is 18.5 Å². The van der Waals surface area contributed by atoms with Crippen LogP contribution in [0.4, 0.5) is 0 Å². The van der Waals surface area contributed by atoms with Crippen LogP contribution in [0.3, 0.4) is 0 Å². The highest BCUT2D eigenvalue weighted by atomic mass is 16.4. The summed E-state index contributed by atoms with van der Waals surface area (Å²) in [5, 5.41) is 20.1. The van der Waals surface area contributed by atoms with Gasteiger partial charge in [0.15, 0.2) is 0 Å². The summed E-state index contributed by atoms with van der Waals surface area (Å²) in [5.41, 5.74) is 0.870. The molecule has 1 aromatic rings. The fourth-order valence-electron chi connectivity index (χ4n) is 3.47. The van der Waals surface area contributed by atoms with Gasteiger partial charge in [0.1, 0.15) is 12.1 Å². The molecule has 3 atom stereocenters. The summed E-state index contributed by atoms with van der Waals surface area (Å²) in [6.45, 7) is 4.11. The second-order valence-corrected chi connectivity index (χ2v) is 8.21. The van der Waals surface area contributed by atoms with Crippen LogP contribution < -0.4 is 21.3 Å². The quantitative estimate of drug-likeness (QED) is 0.339. The largest absolute Gasteiger partial charge is 0.480 e. The number of carbonyl (C=O) groups is 4. The zero-order chi connectivity index (χ0) is 22.8. The maximum Gasteiger partial charge on any atom is 0.326 e. The van der Waals surface area contributed by atoms with Gasteiger partial charge in [-0.05, 0) is 37.3 Å². The van der Waals surface area contributed by atoms with Gasteiger partial charge >= 0.3 is 5.97 Å². The molecule has 5 N–H and O–H groups in total. The van der Waals surface area contributed by atoms with Gasteiger partial charge in [-0.25, -0.2) is 4.79 Å². The van der Waals surface area contributed by atoms with E-state index in [1.54, 1.807) is 0 Å². The molecule has 1 heterocycles. The van der Waals surface area contributed by atoms with Crippen molar-refractivity contribution in [2.75, 3.05) is 13.1 Å². The number of rotatable bonds is 11. The van der Waals surface area contributed by atoms with Crippen LogP contribution in [0.25, 0.3) is 0 Å². The normalized spacial score (nSPS) is 17.6. The van der Waals surface area contributed by atoms with E-state index in [9.17, 15) is 24.3 Å². The Balaban J connectivity index is 1.96. The van der Waals surface area contributed by atoms with Gasteiger partial charge in [-0.1, -0.05) is 44.2 Å². The van der Waals surface area contributed by atoms with Gasteiger partial charge in [0, 0.05) is 6.42 Å². The first kappa shape index (κ1) is 24.3. The van der Waals surface area contributed by atoms with Crippen molar-refractivity contribution in [2.24, 2.45) is 5.92 Å². The highest BCUT2D eigenvalue weighted by Crippen LogP contribution is 2.08. The maximum absolute atomic E-state index is 12.8. The molecule has 3 amide bonds. The van der Waals surface area contributed by atoms with Crippen molar-refractivity contribution in [3.63, 3.8) is 0 Å². The lowest BCUT2D eigenvalue weighted by molar-refractivity contribution is -0.142. The summed E-state index contributed by atoms with van der Waals surface area (Å²) in [7, 11) is 0. The minimum atomic E-state index is -1.12. The monoisotopic (exact) mass is 432 g/mol. The molecule has 1 aliphatic heterocycles. The van der Waals surface area contributed by atoms with Gasteiger partial charge in [0.2, 0.25) is 17.7 Å². The number of carboxylic acids is 1. The number of hydrogen-bond donors (Lipinski definition) is 5. The van der Waals surface area contributed by atoms with E-state index in [4.69, 9.17) is 0 Å². The fourth-order valence-corrected chi connectivity index (χ4v) is 3.47. The Hall–Kier alpha value is -2.94. The van der Waals surface area contributed by atoms with Gasteiger partial charge in [-0.15, -0.1) is 0 Å². The number of hydrogen-bond acceptors (Lipinski definition) is 5. The molecule has 9 heteroatoms. The summed E-state index contributed by atoms with van der Waals surface area (Å²) in [4.78, 5) is 48.8. The van der Waals surface area contributed by atoms with E-state index >= 15 is 0 Å². The highest BCUT2D eigenvalue weighted by molar-refractivity contribution is 5.92. The average molecular weight is 433 g/mol. The number of carboxylic acid groups (broad SMARTS) is 1. The number of carbonyl (C=O) groups excluding carboxylic acids is 3. The molecule has 0 spiro atoms. The van der Waals surface area contributed by atoms with Gasteiger partial charge in [-0.2, -0.15) is 0 Å². The van der Waals surface area contributed by atoms with Crippen LogP contribution in [0, 0.1) is 5.92 Å². The predicted molar refractivity (Wildman–Crippen MR) is 115 cm³/mol. The molecule has 0 aliphatic carbocycles. The molecule has 0 bridgehead atoms. The van der Waals surface area contributed by atoms with E-state index in [-0.39, 0.29) is 37.3 Å². The van der Waals surface area contributed by atoms with Crippen LogP contribution in [0.5, 0.6) is 0 Å². The Morgan fingerprint density at radius 3 is 2.39 bits per heavy atom. The Bertz CT molecular complexity index is 762. The molecule has 3 unspecified atom stereocenters. The van der Waals surface area contributed by atoms with Crippen molar-refractivity contribution in [2.45, 2.75) is 57.7 Å². The maximum atomic E-state index is 12.8. The molecule has 1 fully saturated rings. The second-order valence-electron chi connectivity index (χ2n) is 8.21. The topological polar surface area (TPSA) is 137 Å². The molecule has 170 valence electrons. The van der Waals surface area contributed by atoms with Crippen LogP contribution in [0.15, 0.2) is 30.3 Å². The zero-order valence-corrected chi connectivity index (χ0v) is 18.0. The first-order valence-electron chi connectivity index (χ1n) is 10.6. The third-order valence-electron chi connectivity index (χ3n) is 5.06. The first-order chi connectivity index (χ1) is 14.8. The van der Waals surface area contributed by atoms with Crippen molar-refractivity contribution in [3.05, 3.63) is 35.9 Å². The summed E-state index contributed by atoms with van der Waals surface area (Å²) < 4.78 is 0. The lowest BCUT2D eigenvalue weighted by atomic mass is 10.0. The molecular weight excluding hydrogens is 400 g/mol. The second kappa shape index (κ2) is 12.0. The molecule has 1 saturated heterocycles. The lowest BCUT2D eigenvalue weighted by Gasteiger charge is -2.21. The molecule has 0 aromatic heterocycles. The smallest absolute Gasteiger partial charge is 0.326 e. The van der Waals surface area contributed by atoms with Crippen molar-refractivity contribution in [1.82, 2.24) is 21.3 Å². The van der Waals surface area contributed by atoms with Gasteiger partial charge in [-0.3, -0.25) is 14.4 Å². The molecule has 9 nitrogen and oxygen atoms in total. The van der Waals surface area contributed by atoms with Crippen LogP contribution in [0.1, 0.15) is 38.7 Å². The Labute approximate surface area is 182 Å². The molecule has 31 heavy (non-hydrogen) atoms. The summed E-state index contributed by atoms with van der Waals surface area (Å²) in [6, 6.07) is 7.07. The van der Waals surface area contributed by atoms with E-state index < -0.39 is 29.9 Å². The summed E-state index contributed by atoms with van der Waals surface area (Å²) in [5.74, 6) is -2.37. The van der Waals surface area contributed by atoms with E-state index in [1.165, 1.54) is 0 Å². The predicted octanol–water partition coefficient (Wildman–Crippen LogP) is 0.198. The number of aliphatic carboxylic acids is 1. The van der Waals surface area contributed by atoms with E-state index in [1.807, 2.05) is 44.2 Å². The molecule has 0 saturated carbocycles. The number of amides is 3. The van der Waals surface area contributed by atoms with Gasteiger partial charge in [0.25, 0.3) is 0 Å². The minimum absolute atomic E-state index is 0.0886. The molecule has 1 aromatic carbocycles. The van der Waals surface area contributed by atoms with Crippen molar-refractivity contribution < 1.29 is 24.3 Å². The van der Waals surface area contributed by atoms with Crippen LogP contribution >= 0.6 is 0 Å². The van der Waals surface area contributed by atoms with Crippen molar-refractivity contribution in [3.8, 4) is 0 Å². The number of nitrogens with one attached hydrogen (secondary N) is 4. The molecule has 2 rings (SSSR count). The van der Waals surface area contributed by atoms with Crippen molar-refractivity contribution >= 4 is 23.7 Å². The third-order valence-corrected chi connectivity index (χ3v) is 5.06. The van der Waals surface area contributed by atoms with Crippen LogP contribution in [0.2, 0.25) is 0 Å². The van der Waals surface area contributed by atoms with Gasteiger partial charge < -0.3 is 26.4 Å². The molecule has 1 aliphatic rings. The molecular formula is C22H32N4O5. The first-order valence-corrected chi connectivity index (χ1v) is 10.6. The van der Waals surface area contributed by atoms with Crippen molar-refractivity contribution in [1.29, 1.82) is 0 Å². The Morgan fingerprint density at radius 2 is 1.81 bits per heavy atom. The van der Waals surface area contributed by atoms with Gasteiger partial charge in [0.05, 0.1) is 12.6 Å². The summed E-state index contributed by atoms with van der Waals surface area (Å²) >= 11 is 0. The SMILES string of the molecule is CC(C)CC(NC(=O)CNC(=O)C(Cc1ccccc1)NC(=O)C1CCCN1)C(=O)O. The Kier molecular flexibility index (Phi) is 9.45. The van der Waals surface area contributed by atoms with E-state index in [0.29, 0.717) is 6.42 Å². The standard InChI is InChI=1S/C22H32N4O5/c1-14(2)11-18(22(30)31)25-19(27)13-24-20(28)17(12-15-7-4-3-5-8-15)26-21(29)16-9-6-10-23-16/h3-5,7-8,14,16-18,23H,6,9-13H2,1-2H3,(H,24,28)(H,25,27)(H,26,29)(H,30,31). The number of benzene rings is 1. The fraction of sp³-hybridized carbons (Fsp3) is 0.545. The minimum Gasteiger partial charge on any atom is -0.480 e. The van der Waals surface area contributed by atoms with Crippen LogP contribution in [-0.4, -0.2) is 60.0 Å². The highest BCUT2D eigenvalue weighted by Gasteiger charge is 2.28. The Morgan fingerprint density at radius 1 is 1.10 bits per heavy atom. The molecule has 0 radical (unpaired) electrons. The van der Waals surface area contributed by atoms with E-state index in [2.05, 4.69) is 21.3 Å². The van der Waals surface area contributed by atoms with Crippen LogP contribution in [-0.2, 0) is 25.6 Å². The average Bonchev–Trinajstić information content (AvgIpc) is 3.26. The lowest BCUT2D eigenvalue weighted by Crippen LogP contribution is -2.54.